The van der Waals surface area contributed by atoms with E-state index in [1.54, 1.807) is 4.90 Å². The lowest BCUT2D eigenvalue weighted by molar-refractivity contribution is -0.385. The van der Waals surface area contributed by atoms with Crippen molar-refractivity contribution in [2.24, 2.45) is 0 Å². The molecule has 0 aliphatic carbocycles. The van der Waals surface area contributed by atoms with Crippen LogP contribution in [0.25, 0.3) is 0 Å². The van der Waals surface area contributed by atoms with Gasteiger partial charge in [0.1, 0.15) is 23.0 Å². The highest BCUT2D eigenvalue weighted by Crippen LogP contribution is 2.39. The molecule has 3 rings (SSSR count). The molecular weight excluding hydrogens is 594 g/mol. The Morgan fingerprint density at radius 2 is 1.89 bits per heavy atom. The molecule has 0 bridgehead atoms. The first-order valence-corrected chi connectivity index (χ1v) is 12.8. The van der Waals surface area contributed by atoms with Crippen LogP contribution in [0.5, 0.6) is 11.5 Å². The number of carbonyl (C=O) groups is 1. The van der Waals surface area contributed by atoms with Gasteiger partial charge in [0.25, 0.3) is 5.69 Å². The number of rotatable bonds is 9. The third kappa shape index (κ3) is 7.81. The number of nitrogens with zero attached hydrogens (tertiary/aromatic N) is 4. The summed E-state index contributed by atoms with van der Waals surface area (Å²) in [7, 11) is 0. The molecule has 200 valence electrons. The topological polar surface area (TPSA) is 107 Å². The molecule has 1 amide bonds. The number of amides is 1. The first kappa shape index (κ1) is 29.2. The standard InChI is InChI=1S/C22H21Cl5N4O6/c1-2-6-36-22(32)29-4-5-30(21-17(25)8-13(11-28-21)31(33)34)19(12-29)37-20-15(23)9-14(10-16(20)24)35-7-3-18(26)27/h3,8-11,19H,2,4-7,12H2,1H3. The van der Waals surface area contributed by atoms with E-state index in [2.05, 4.69) is 4.98 Å². The fourth-order valence-corrected chi connectivity index (χ4v) is 4.29. The van der Waals surface area contributed by atoms with Gasteiger partial charge in [0.05, 0.1) is 33.1 Å². The minimum Gasteiger partial charge on any atom is -0.489 e. The van der Waals surface area contributed by atoms with E-state index >= 15 is 0 Å². The third-order valence-electron chi connectivity index (χ3n) is 5.03. The van der Waals surface area contributed by atoms with E-state index in [9.17, 15) is 14.9 Å². The maximum Gasteiger partial charge on any atom is 0.410 e. The maximum atomic E-state index is 12.5. The van der Waals surface area contributed by atoms with Crippen LogP contribution in [0.4, 0.5) is 16.3 Å². The predicted molar refractivity (Wildman–Crippen MR) is 143 cm³/mol. The highest BCUT2D eigenvalue weighted by atomic mass is 35.5. The number of aromatic nitrogens is 1. The Kier molecular flexibility index (Phi) is 10.6. The molecule has 0 radical (unpaired) electrons. The molecule has 1 unspecified atom stereocenters. The Balaban J connectivity index is 1.90. The van der Waals surface area contributed by atoms with E-state index in [-0.39, 0.29) is 69.7 Å². The second-order valence-electron chi connectivity index (χ2n) is 7.60. The fraction of sp³-hybridized carbons (Fsp3) is 0.364. The van der Waals surface area contributed by atoms with Crippen LogP contribution in [0.1, 0.15) is 13.3 Å². The molecule has 1 fully saturated rings. The number of hydrogen-bond acceptors (Lipinski definition) is 8. The Bertz CT molecular complexity index is 1160. The maximum absolute atomic E-state index is 12.5. The molecule has 2 heterocycles. The second-order valence-corrected chi connectivity index (χ2v) is 9.83. The van der Waals surface area contributed by atoms with E-state index in [1.165, 1.54) is 29.2 Å². The molecule has 0 N–H and O–H groups in total. The van der Waals surface area contributed by atoms with Crippen LogP contribution in [0.15, 0.2) is 35.0 Å². The first-order valence-electron chi connectivity index (χ1n) is 10.9. The Hall–Kier alpha value is -2.37. The monoisotopic (exact) mass is 612 g/mol. The molecule has 1 aromatic heterocycles. The molecule has 0 saturated carbocycles. The van der Waals surface area contributed by atoms with E-state index in [1.807, 2.05) is 6.92 Å². The highest BCUT2D eigenvalue weighted by molar-refractivity contribution is 6.55. The zero-order chi connectivity index (χ0) is 27.1. The lowest BCUT2D eigenvalue weighted by atomic mass is 10.2. The van der Waals surface area contributed by atoms with E-state index in [0.717, 1.165) is 6.20 Å². The number of carbonyl (C=O) groups excluding carboxylic acids is 1. The molecule has 15 heteroatoms. The summed E-state index contributed by atoms with van der Waals surface area (Å²) < 4.78 is 17.0. The molecule has 1 aliphatic heterocycles. The van der Waals surface area contributed by atoms with Crippen molar-refractivity contribution in [1.29, 1.82) is 0 Å². The number of piperazine rings is 1. The molecule has 37 heavy (non-hydrogen) atoms. The highest BCUT2D eigenvalue weighted by Gasteiger charge is 2.35. The summed E-state index contributed by atoms with van der Waals surface area (Å²) >= 11 is 30.4. The number of benzene rings is 1. The van der Waals surface area contributed by atoms with Gasteiger partial charge >= 0.3 is 6.09 Å². The van der Waals surface area contributed by atoms with Gasteiger partial charge in [-0.05, 0) is 12.5 Å². The van der Waals surface area contributed by atoms with Crippen LogP contribution in [-0.2, 0) is 4.74 Å². The molecule has 1 aromatic carbocycles. The van der Waals surface area contributed by atoms with Gasteiger partial charge in [-0.3, -0.25) is 10.1 Å². The van der Waals surface area contributed by atoms with Crippen molar-refractivity contribution in [2.75, 3.05) is 37.7 Å². The Morgan fingerprint density at radius 1 is 1.19 bits per heavy atom. The zero-order valence-corrected chi connectivity index (χ0v) is 23.1. The van der Waals surface area contributed by atoms with Gasteiger partial charge in [-0.2, -0.15) is 0 Å². The molecule has 1 saturated heterocycles. The van der Waals surface area contributed by atoms with Gasteiger partial charge in [0.2, 0.25) is 0 Å². The summed E-state index contributed by atoms with van der Waals surface area (Å²) in [6.07, 6.45) is 1.83. The smallest absolute Gasteiger partial charge is 0.410 e. The average Bonchev–Trinajstić information content (AvgIpc) is 2.84. The average molecular weight is 615 g/mol. The number of anilines is 1. The van der Waals surface area contributed by atoms with Gasteiger partial charge in [0.15, 0.2) is 17.8 Å². The Morgan fingerprint density at radius 3 is 2.49 bits per heavy atom. The number of hydrogen-bond donors (Lipinski definition) is 0. The van der Waals surface area contributed by atoms with Crippen molar-refractivity contribution in [3.8, 4) is 11.5 Å². The number of halogens is 5. The van der Waals surface area contributed by atoms with Crippen molar-refractivity contribution in [3.63, 3.8) is 0 Å². The van der Waals surface area contributed by atoms with Crippen molar-refractivity contribution in [1.82, 2.24) is 9.88 Å². The van der Waals surface area contributed by atoms with Gasteiger partial charge in [0, 0.05) is 31.3 Å². The van der Waals surface area contributed by atoms with Gasteiger partial charge < -0.3 is 24.0 Å². The normalized spacial score (nSPS) is 15.2. The fourth-order valence-electron chi connectivity index (χ4n) is 3.34. The minimum absolute atomic E-state index is 0.0387. The van der Waals surface area contributed by atoms with Crippen LogP contribution in [0.2, 0.25) is 15.1 Å². The van der Waals surface area contributed by atoms with Gasteiger partial charge in [-0.25, -0.2) is 9.78 Å². The van der Waals surface area contributed by atoms with Crippen molar-refractivity contribution in [2.45, 2.75) is 19.6 Å². The molecular formula is C22H21Cl5N4O6. The van der Waals surface area contributed by atoms with E-state index < -0.39 is 17.2 Å². The van der Waals surface area contributed by atoms with E-state index in [4.69, 9.17) is 72.2 Å². The van der Waals surface area contributed by atoms with Crippen LogP contribution < -0.4 is 14.4 Å². The first-order chi connectivity index (χ1) is 17.6. The summed E-state index contributed by atoms with van der Waals surface area (Å²) in [6.45, 7) is 2.79. The number of pyridine rings is 1. The zero-order valence-electron chi connectivity index (χ0n) is 19.3. The summed E-state index contributed by atoms with van der Waals surface area (Å²) in [5, 5.41) is 11.4. The lowest BCUT2D eigenvalue weighted by Crippen LogP contribution is -2.57. The molecule has 10 nitrogen and oxygen atoms in total. The minimum atomic E-state index is -0.867. The number of ether oxygens (including phenoxy) is 3. The van der Waals surface area contributed by atoms with Crippen molar-refractivity contribution >= 4 is 75.6 Å². The van der Waals surface area contributed by atoms with Crippen LogP contribution in [0, 0.1) is 10.1 Å². The lowest BCUT2D eigenvalue weighted by Gasteiger charge is -2.41. The summed E-state index contributed by atoms with van der Waals surface area (Å²) in [4.78, 5) is 30.3. The van der Waals surface area contributed by atoms with Gasteiger partial charge in [-0.15, -0.1) is 0 Å². The molecule has 0 spiro atoms. The SMILES string of the molecule is CCCOC(=O)N1CCN(c2ncc([N+](=O)[O-])cc2Cl)C(Oc2c(Cl)cc(OCC=C(Cl)Cl)cc2Cl)C1. The van der Waals surface area contributed by atoms with Crippen LogP contribution in [-0.4, -0.2) is 60.0 Å². The number of nitro groups is 1. The van der Waals surface area contributed by atoms with Crippen molar-refractivity contribution < 1.29 is 23.9 Å². The van der Waals surface area contributed by atoms with Gasteiger partial charge in [-0.1, -0.05) is 64.9 Å². The van der Waals surface area contributed by atoms with Crippen molar-refractivity contribution in [3.05, 3.63) is 60.1 Å². The van der Waals surface area contributed by atoms with Crippen LogP contribution >= 0.6 is 58.0 Å². The van der Waals surface area contributed by atoms with Crippen LogP contribution in [0.3, 0.4) is 0 Å². The largest absolute Gasteiger partial charge is 0.489 e. The quantitative estimate of drug-likeness (QED) is 0.226. The van der Waals surface area contributed by atoms with E-state index in [0.29, 0.717) is 12.2 Å². The summed E-state index contributed by atoms with van der Waals surface area (Å²) in [5.74, 6) is 0.702. The predicted octanol–water partition coefficient (Wildman–Crippen LogP) is 6.72. The third-order valence-corrected chi connectivity index (χ3v) is 6.17. The second kappa shape index (κ2) is 13.4. The summed E-state index contributed by atoms with van der Waals surface area (Å²) in [5.41, 5.74) is -0.264. The Labute approximate surface area is 237 Å². The summed E-state index contributed by atoms with van der Waals surface area (Å²) in [6, 6.07) is 4.18. The molecule has 2 aromatic rings. The molecule has 1 aliphatic rings. The molecule has 1 atom stereocenters.